The van der Waals surface area contributed by atoms with Gasteiger partial charge in [-0.2, -0.15) is 0 Å². The number of halogens is 1. The Morgan fingerprint density at radius 1 is 1.21 bits per heavy atom. The predicted octanol–water partition coefficient (Wildman–Crippen LogP) is 3.78. The molecule has 1 aliphatic heterocycles. The third-order valence-electron chi connectivity index (χ3n) is 3.94. The SMILES string of the molecule is COC(=O)CN1C(=O)/C(=C/c2ccccc2OCc2ccccc2F)SC1=S. The van der Waals surface area contributed by atoms with Gasteiger partial charge >= 0.3 is 5.97 Å². The van der Waals surface area contributed by atoms with Gasteiger partial charge in [-0.05, 0) is 18.2 Å². The lowest BCUT2D eigenvalue weighted by Gasteiger charge is -2.12. The minimum absolute atomic E-state index is 0.0564. The molecule has 1 heterocycles. The van der Waals surface area contributed by atoms with E-state index in [1.807, 2.05) is 0 Å². The number of carbonyl (C=O) groups is 2. The molecule has 1 saturated heterocycles. The number of hydrogen-bond donors (Lipinski definition) is 0. The van der Waals surface area contributed by atoms with Gasteiger partial charge < -0.3 is 9.47 Å². The van der Waals surface area contributed by atoms with E-state index in [0.717, 1.165) is 11.8 Å². The highest BCUT2D eigenvalue weighted by atomic mass is 32.2. The van der Waals surface area contributed by atoms with E-state index in [0.29, 0.717) is 21.8 Å². The van der Waals surface area contributed by atoms with E-state index >= 15 is 0 Å². The first-order valence-corrected chi connectivity index (χ1v) is 9.49. The molecular formula is C20H16FNO4S2. The molecule has 0 spiro atoms. The summed E-state index contributed by atoms with van der Waals surface area (Å²) >= 11 is 6.29. The Bertz CT molecular complexity index is 961. The van der Waals surface area contributed by atoms with Crippen LogP contribution in [0, 0.1) is 5.82 Å². The van der Waals surface area contributed by atoms with Crippen molar-refractivity contribution >= 4 is 46.3 Å². The molecule has 28 heavy (non-hydrogen) atoms. The number of carbonyl (C=O) groups excluding carboxylic acids is 2. The Morgan fingerprint density at radius 2 is 1.93 bits per heavy atom. The highest BCUT2D eigenvalue weighted by Gasteiger charge is 2.33. The molecule has 0 N–H and O–H groups in total. The normalized spacial score (nSPS) is 15.2. The summed E-state index contributed by atoms with van der Waals surface area (Å²) in [5, 5.41) is 0. The van der Waals surface area contributed by atoms with Crippen molar-refractivity contribution in [3.8, 4) is 5.75 Å². The lowest BCUT2D eigenvalue weighted by molar-refractivity contribution is -0.143. The van der Waals surface area contributed by atoms with Crippen molar-refractivity contribution in [3.05, 3.63) is 70.4 Å². The van der Waals surface area contributed by atoms with Crippen LogP contribution in [0.25, 0.3) is 6.08 Å². The highest BCUT2D eigenvalue weighted by Crippen LogP contribution is 2.34. The summed E-state index contributed by atoms with van der Waals surface area (Å²) in [6.45, 7) is -0.176. The fourth-order valence-corrected chi connectivity index (χ4v) is 3.72. The van der Waals surface area contributed by atoms with Gasteiger partial charge in [0.25, 0.3) is 5.91 Å². The maximum atomic E-state index is 13.8. The van der Waals surface area contributed by atoms with Crippen LogP contribution in [0.15, 0.2) is 53.4 Å². The average molecular weight is 417 g/mol. The molecule has 5 nitrogen and oxygen atoms in total. The number of rotatable bonds is 6. The van der Waals surface area contributed by atoms with E-state index in [-0.39, 0.29) is 29.2 Å². The molecule has 1 aliphatic rings. The Balaban J connectivity index is 1.79. The van der Waals surface area contributed by atoms with Crippen molar-refractivity contribution < 1.29 is 23.5 Å². The number of esters is 1. The zero-order valence-corrected chi connectivity index (χ0v) is 16.5. The topological polar surface area (TPSA) is 55.8 Å². The standard InChI is InChI=1S/C20H16FNO4S2/c1-25-18(23)11-22-19(24)17(28-20(22)27)10-13-6-3-5-9-16(13)26-12-14-7-2-4-8-15(14)21/h2-10H,11-12H2,1H3/b17-10-. The van der Waals surface area contributed by atoms with E-state index in [4.69, 9.17) is 17.0 Å². The smallest absolute Gasteiger partial charge is 0.325 e. The van der Waals surface area contributed by atoms with Crippen molar-refractivity contribution in [2.75, 3.05) is 13.7 Å². The van der Waals surface area contributed by atoms with Gasteiger partial charge in [-0.15, -0.1) is 0 Å². The lowest BCUT2D eigenvalue weighted by Crippen LogP contribution is -2.33. The first-order chi connectivity index (χ1) is 13.5. The van der Waals surface area contributed by atoms with Crippen LogP contribution in [0.5, 0.6) is 5.75 Å². The largest absolute Gasteiger partial charge is 0.488 e. The zero-order valence-electron chi connectivity index (χ0n) is 14.9. The van der Waals surface area contributed by atoms with E-state index in [1.54, 1.807) is 48.5 Å². The van der Waals surface area contributed by atoms with Crippen LogP contribution in [0.4, 0.5) is 4.39 Å². The minimum atomic E-state index is -0.550. The van der Waals surface area contributed by atoms with Crippen molar-refractivity contribution in [2.24, 2.45) is 0 Å². The average Bonchev–Trinajstić information content (AvgIpc) is 2.95. The van der Waals surface area contributed by atoms with Gasteiger partial charge in [-0.1, -0.05) is 60.4 Å². The van der Waals surface area contributed by atoms with Gasteiger partial charge in [0.2, 0.25) is 0 Å². The van der Waals surface area contributed by atoms with Gasteiger partial charge in [0.05, 0.1) is 12.0 Å². The Labute approximate surface area is 171 Å². The summed E-state index contributed by atoms with van der Waals surface area (Å²) in [5.41, 5.74) is 1.08. The van der Waals surface area contributed by atoms with Gasteiger partial charge in [0.1, 0.15) is 29.0 Å². The zero-order chi connectivity index (χ0) is 20.1. The number of methoxy groups -OCH3 is 1. The van der Waals surface area contributed by atoms with E-state index in [2.05, 4.69) is 4.74 Å². The maximum absolute atomic E-state index is 13.8. The molecule has 2 aromatic rings. The van der Waals surface area contributed by atoms with E-state index in [1.165, 1.54) is 18.1 Å². The van der Waals surface area contributed by atoms with Gasteiger partial charge in [0.15, 0.2) is 0 Å². The summed E-state index contributed by atoms with van der Waals surface area (Å²) in [4.78, 5) is 25.6. The Kier molecular flexibility index (Phi) is 6.43. The number of benzene rings is 2. The quantitative estimate of drug-likeness (QED) is 0.405. The molecule has 144 valence electrons. The first kappa shape index (κ1) is 20.0. The summed E-state index contributed by atoms with van der Waals surface area (Å²) in [6, 6.07) is 13.5. The van der Waals surface area contributed by atoms with Crippen LogP contribution in [0.2, 0.25) is 0 Å². The fourth-order valence-electron chi connectivity index (χ4n) is 2.47. The second-order valence-electron chi connectivity index (χ2n) is 5.76. The molecule has 0 aliphatic carbocycles. The Hall–Kier alpha value is -2.71. The third-order valence-corrected chi connectivity index (χ3v) is 5.31. The first-order valence-electron chi connectivity index (χ1n) is 8.27. The molecule has 0 bridgehead atoms. The second-order valence-corrected chi connectivity index (χ2v) is 7.44. The molecule has 0 saturated carbocycles. The van der Waals surface area contributed by atoms with Crippen LogP contribution in [-0.4, -0.2) is 34.8 Å². The molecule has 8 heteroatoms. The predicted molar refractivity (Wildman–Crippen MR) is 109 cm³/mol. The molecule has 0 unspecified atom stereocenters. The third kappa shape index (κ3) is 4.58. The van der Waals surface area contributed by atoms with Crippen molar-refractivity contribution in [3.63, 3.8) is 0 Å². The van der Waals surface area contributed by atoms with Crippen LogP contribution >= 0.6 is 24.0 Å². The minimum Gasteiger partial charge on any atom is -0.488 e. The van der Waals surface area contributed by atoms with Crippen LogP contribution in [0.3, 0.4) is 0 Å². The summed E-state index contributed by atoms with van der Waals surface area (Å²) in [6.07, 6.45) is 1.65. The summed E-state index contributed by atoms with van der Waals surface area (Å²) < 4.78 is 24.4. The molecule has 2 aromatic carbocycles. The van der Waals surface area contributed by atoms with Gasteiger partial charge in [-0.3, -0.25) is 14.5 Å². The molecular weight excluding hydrogens is 401 g/mol. The molecule has 3 rings (SSSR count). The van der Waals surface area contributed by atoms with Gasteiger partial charge in [0, 0.05) is 11.1 Å². The maximum Gasteiger partial charge on any atom is 0.325 e. The van der Waals surface area contributed by atoms with Crippen LogP contribution in [0.1, 0.15) is 11.1 Å². The van der Waals surface area contributed by atoms with Crippen LogP contribution < -0.4 is 4.74 Å². The monoisotopic (exact) mass is 417 g/mol. The lowest BCUT2D eigenvalue weighted by atomic mass is 10.1. The number of ether oxygens (including phenoxy) is 2. The number of hydrogen-bond acceptors (Lipinski definition) is 6. The fraction of sp³-hybridized carbons (Fsp3) is 0.150. The number of para-hydroxylation sites is 1. The highest BCUT2D eigenvalue weighted by molar-refractivity contribution is 8.26. The number of thiocarbonyl (C=S) groups is 1. The number of amides is 1. The van der Waals surface area contributed by atoms with Crippen molar-refractivity contribution in [1.29, 1.82) is 0 Å². The molecule has 1 fully saturated rings. The van der Waals surface area contributed by atoms with Crippen LogP contribution in [-0.2, 0) is 20.9 Å². The van der Waals surface area contributed by atoms with Crippen molar-refractivity contribution in [2.45, 2.75) is 6.61 Å². The molecule has 0 aromatic heterocycles. The second kappa shape index (κ2) is 8.99. The molecule has 0 atom stereocenters. The number of nitrogens with zero attached hydrogens (tertiary/aromatic N) is 1. The number of thioether (sulfide) groups is 1. The molecule has 1 amide bonds. The van der Waals surface area contributed by atoms with Gasteiger partial charge in [-0.25, -0.2) is 4.39 Å². The van der Waals surface area contributed by atoms with E-state index < -0.39 is 5.97 Å². The van der Waals surface area contributed by atoms with E-state index in [9.17, 15) is 14.0 Å². The Morgan fingerprint density at radius 3 is 2.68 bits per heavy atom. The molecule has 0 radical (unpaired) electrons. The summed E-state index contributed by atoms with van der Waals surface area (Å²) in [7, 11) is 1.25. The van der Waals surface area contributed by atoms with Crippen molar-refractivity contribution in [1.82, 2.24) is 4.90 Å². The summed E-state index contributed by atoms with van der Waals surface area (Å²) in [5.74, 6) is -0.761.